The maximum Gasteiger partial charge on any atom is 0.407 e. The molecule has 2 aliphatic carbocycles. The zero-order chi connectivity index (χ0) is 24.8. The van der Waals surface area contributed by atoms with Crippen molar-refractivity contribution in [2.75, 3.05) is 6.61 Å². The second-order valence-corrected chi connectivity index (χ2v) is 9.15. The summed E-state index contributed by atoms with van der Waals surface area (Å²) in [7, 11) is 0. The molecule has 2 unspecified atom stereocenters. The van der Waals surface area contributed by atoms with Gasteiger partial charge in [0.2, 0.25) is 5.91 Å². The van der Waals surface area contributed by atoms with Crippen molar-refractivity contribution in [1.82, 2.24) is 10.6 Å². The predicted molar refractivity (Wildman–Crippen MR) is 132 cm³/mol. The number of hydrogen-bond donors (Lipinski definition) is 3. The van der Waals surface area contributed by atoms with Crippen molar-refractivity contribution in [3.8, 4) is 23.5 Å². The Hall–Kier alpha value is -3.79. The first-order chi connectivity index (χ1) is 17.0. The van der Waals surface area contributed by atoms with Gasteiger partial charge in [0, 0.05) is 12.3 Å². The Bertz CT molecular complexity index is 1090. The predicted octanol–water partition coefficient (Wildman–Crippen LogP) is 4.07. The third-order valence-electron chi connectivity index (χ3n) is 6.96. The van der Waals surface area contributed by atoms with E-state index in [1.165, 1.54) is 0 Å². The number of aliphatic carboxylic acids is 1. The van der Waals surface area contributed by atoms with E-state index in [0.717, 1.165) is 54.4 Å². The van der Waals surface area contributed by atoms with Crippen LogP contribution in [-0.4, -0.2) is 41.8 Å². The molecule has 0 heterocycles. The lowest BCUT2D eigenvalue weighted by Crippen LogP contribution is -2.54. The summed E-state index contributed by atoms with van der Waals surface area (Å²) >= 11 is 0. The summed E-state index contributed by atoms with van der Waals surface area (Å²) in [6, 6.07) is 13.9. The standard InChI is InChI=1S/C28H30N2O5/c1-2-10-24(26(31)30-25(27(32)33)18-11-4-3-5-12-18)29-28(34)35-17-23-21-15-8-6-13-19(21)20-14-7-9-16-22(20)23/h1,6-9,13-16,18,23-25H,3-5,10-12,17H2,(H,29,34)(H,30,31)(H,32,33). The minimum Gasteiger partial charge on any atom is -0.480 e. The third kappa shape index (κ3) is 5.48. The second kappa shape index (κ2) is 11.1. The SMILES string of the molecule is C#CCC(NC(=O)OCC1c2ccccc2-c2ccccc21)C(=O)NC(C(=O)O)C1CCCCC1. The Morgan fingerprint density at radius 3 is 2.14 bits per heavy atom. The number of carbonyl (C=O) groups is 3. The van der Waals surface area contributed by atoms with Gasteiger partial charge in [-0.3, -0.25) is 4.79 Å². The van der Waals surface area contributed by atoms with Crippen LogP contribution >= 0.6 is 0 Å². The van der Waals surface area contributed by atoms with E-state index in [1.54, 1.807) is 0 Å². The summed E-state index contributed by atoms with van der Waals surface area (Å²) in [5.74, 6) is 0.438. The number of amides is 2. The minimum atomic E-state index is -1.08. The van der Waals surface area contributed by atoms with E-state index in [0.29, 0.717) is 0 Å². The summed E-state index contributed by atoms with van der Waals surface area (Å²) < 4.78 is 5.52. The van der Waals surface area contributed by atoms with E-state index in [1.807, 2.05) is 48.5 Å². The van der Waals surface area contributed by atoms with Gasteiger partial charge in [0.15, 0.2) is 0 Å². The molecule has 2 aromatic carbocycles. The number of carbonyl (C=O) groups excluding carboxylic acids is 2. The fourth-order valence-corrected chi connectivity index (χ4v) is 5.21. The van der Waals surface area contributed by atoms with Crippen molar-refractivity contribution < 1.29 is 24.2 Å². The molecule has 0 bridgehead atoms. The van der Waals surface area contributed by atoms with Crippen LogP contribution in [0.25, 0.3) is 11.1 Å². The van der Waals surface area contributed by atoms with Crippen molar-refractivity contribution in [2.24, 2.45) is 5.92 Å². The molecule has 182 valence electrons. The lowest BCUT2D eigenvalue weighted by molar-refractivity contribution is -0.144. The van der Waals surface area contributed by atoms with E-state index >= 15 is 0 Å². The normalized spacial score (nSPS) is 16.8. The van der Waals surface area contributed by atoms with Gasteiger partial charge in [0.05, 0.1) is 0 Å². The van der Waals surface area contributed by atoms with Gasteiger partial charge >= 0.3 is 12.1 Å². The van der Waals surface area contributed by atoms with Crippen LogP contribution in [0.3, 0.4) is 0 Å². The molecule has 0 saturated heterocycles. The average Bonchev–Trinajstić information content (AvgIpc) is 3.19. The number of benzene rings is 2. The van der Waals surface area contributed by atoms with Crippen molar-refractivity contribution in [3.05, 3.63) is 59.7 Å². The van der Waals surface area contributed by atoms with E-state index in [9.17, 15) is 19.5 Å². The fourth-order valence-electron chi connectivity index (χ4n) is 5.21. The molecule has 0 radical (unpaired) electrons. The first kappa shape index (κ1) is 24.3. The topological polar surface area (TPSA) is 105 Å². The van der Waals surface area contributed by atoms with Crippen LogP contribution in [0.15, 0.2) is 48.5 Å². The number of terminal acetylenes is 1. The molecule has 1 fully saturated rings. The Kier molecular flexibility index (Phi) is 7.71. The average molecular weight is 475 g/mol. The maximum atomic E-state index is 12.9. The Morgan fingerprint density at radius 2 is 1.57 bits per heavy atom. The van der Waals surface area contributed by atoms with Crippen LogP contribution in [0, 0.1) is 18.3 Å². The number of nitrogens with one attached hydrogen (secondary N) is 2. The van der Waals surface area contributed by atoms with Gasteiger partial charge in [0.25, 0.3) is 0 Å². The zero-order valence-corrected chi connectivity index (χ0v) is 19.5. The molecule has 2 atom stereocenters. The number of carboxylic acids is 1. The summed E-state index contributed by atoms with van der Waals surface area (Å²) in [6.45, 7) is 0.101. The van der Waals surface area contributed by atoms with E-state index < -0.39 is 30.1 Å². The van der Waals surface area contributed by atoms with Crippen LogP contribution in [-0.2, 0) is 14.3 Å². The summed E-state index contributed by atoms with van der Waals surface area (Å²) in [4.78, 5) is 37.3. The molecule has 3 N–H and O–H groups in total. The highest BCUT2D eigenvalue weighted by molar-refractivity contribution is 5.89. The highest BCUT2D eigenvalue weighted by Crippen LogP contribution is 2.44. The monoisotopic (exact) mass is 474 g/mol. The van der Waals surface area contributed by atoms with Crippen molar-refractivity contribution >= 4 is 18.0 Å². The smallest absolute Gasteiger partial charge is 0.407 e. The number of carboxylic acid groups (broad SMARTS) is 1. The van der Waals surface area contributed by atoms with E-state index in [4.69, 9.17) is 11.2 Å². The summed E-state index contributed by atoms with van der Waals surface area (Å²) in [5.41, 5.74) is 4.39. The van der Waals surface area contributed by atoms with Crippen LogP contribution in [0.2, 0.25) is 0 Å². The molecule has 2 aliphatic rings. The van der Waals surface area contributed by atoms with Gasteiger partial charge in [-0.15, -0.1) is 12.3 Å². The van der Waals surface area contributed by atoms with Crippen molar-refractivity contribution in [1.29, 1.82) is 0 Å². The van der Waals surface area contributed by atoms with Crippen molar-refractivity contribution in [2.45, 2.75) is 56.5 Å². The van der Waals surface area contributed by atoms with Gasteiger partial charge < -0.3 is 20.5 Å². The lowest BCUT2D eigenvalue weighted by Gasteiger charge is -2.29. The van der Waals surface area contributed by atoms with Gasteiger partial charge in [-0.25, -0.2) is 9.59 Å². The van der Waals surface area contributed by atoms with Crippen LogP contribution in [0.5, 0.6) is 0 Å². The lowest BCUT2D eigenvalue weighted by atomic mass is 9.83. The number of ether oxygens (including phenoxy) is 1. The quantitative estimate of drug-likeness (QED) is 0.501. The number of fused-ring (bicyclic) bond motifs is 3. The maximum absolute atomic E-state index is 12.9. The molecule has 7 nitrogen and oxygen atoms in total. The minimum absolute atomic E-state index is 0.0764. The van der Waals surface area contributed by atoms with Crippen LogP contribution in [0.1, 0.15) is 55.6 Å². The molecule has 1 saturated carbocycles. The van der Waals surface area contributed by atoms with Gasteiger partial charge in [0.1, 0.15) is 18.7 Å². The van der Waals surface area contributed by atoms with Gasteiger partial charge in [-0.05, 0) is 41.0 Å². The first-order valence-electron chi connectivity index (χ1n) is 12.1. The highest BCUT2D eigenvalue weighted by atomic mass is 16.5. The Morgan fingerprint density at radius 1 is 0.971 bits per heavy atom. The molecule has 2 amide bonds. The van der Waals surface area contributed by atoms with Crippen LogP contribution in [0.4, 0.5) is 4.79 Å². The molecule has 2 aromatic rings. The number of alkyl carbamates (subject to hydrolysis) is 1. The molecule has 0 aliphatic heterocycles. The Labute approximate surface area is 205 Å². The molecule has 35 heavy (non-hydrogen) atoms. The molecular weight excluding hydrogens is 444 g/mol. The summed E-state index contributed by atoms with van der Waals surface area (Å²) in [5, 5.41) is 14.8. The van der Waals surface area contributed by atoms with Crippen molar-refractivity contribution in [3.63, 3.8) is 0 Å². The third-order valence-corrected chi connectivity index (χ3v) is 6.96. The number of hydrogen-bond acceptors (Lipinski definition) is 4. The van der Waals surface area contributed by atoms with Gasteiger partial charge in [-0.2, -0.15) is 0 Å². The van der Waals surface area contributed by atoms with Crippen LogP contribution < -0.4 is 10.6 Å². The zero-order valence-electron chi connectivity index (χ0n) is 19.5. The molecule has 0 aromatic heterocycles. The van der Waals surface area contributed by atoms with E-state index in [2.05, 4.69) is 16.6 Å². The number of rotatable bonds is 8. The molecule has 0 spiro atoms. The molecular formula is C28H30N2O5. The second-order valence-electron chi connectivity index (χ2n) is 9.15. The Balaban J connectivity index is 1.39. The van der Waals surface area contributed by atoms with E-state index in [-0.39, 0.29) is 24.9 Å². The van der Waals surface area contributed by atoms with Gasteiger partial charge in [-0.1, -0.05) is 67.8 Å². The highest BCUT2D eigenvalue weighted by Gasteiger charge is 2.34. The largest absolute Gasteiger partial charge is 0.480 e. The fraction of sp³-hybridized carbons (Fsp3) is 0.393. The molecule has 7 heteroatoms. The summed E-state index contributed by atoms with van der Waals surface area (Å²) in [6.07, 6.45) is 9.01. The molecule has 4 rings (SSSR count). The first-order valence-corrected chi connectivity index (χ1v) is 12.1.